The normalized spacial score (nSPS) is 12.5. The summed E-state index contributed by atoms with van der Waals surface area (Å²) in [4.78, 5) is 21.0. The molecule has 0 saturated carbocycles. The number of hydrogen-bond donors (Lipinski definition) is 0. The summed E-state index contributed by atoms with van der Waals surface area (Å²) in [5.74, 6) is -0.572. The Labute approximate surface area is 196 Å². The lowest BCUT2D eigenvalue weighted by Gasteiger charge is -2.11. The molecule has 1 aromatic carbocycles. The highest BCUT2D eigenvalue weighted by atomic mass is 32.2. The first-order chi connectivity index (χ1) is 16.6. The van der Waals surface area contributed by atoms with Gasteiger partial charge >= 0.3 is 11.9 Å². The Morgan fingerprint density at radius 1 is 0.971 bits per heavy atom. The molecule has 0 aliphatic rings. The maximum absolute atomic E-state index is 13.1. The number of halogens is 3. The van der Waals surface area contributed by atoms with Gasteiger partial charge in [0, 0.05) is 35.7 Å². The second-order valence-corrected chi connectivity index (χ2v) is 9.97. The van der Waals surface area contributed by atoms with Crippen LogP contribution in [-0.4, -0.2) is 38.3 Å². The van der Waals surface area contributed by atoms with Crippen LogP contribution in [-0.2, 0) is 16.0 Å². The largest absolute Gasteiger partial charge is 0.417 e. The number of nitrogens with zero attached hydrogens (tertiary/aromatic N) is 5. The van der Waals surface area contributed by atoms with Gasteiger partial charge in [0.25, 0.3) is 0 Å². The number of sulfone groups is 1. The van der Waals surface area contributed by atoms with Crippen LogP contribution in [0.25, 0.3) is 33.4 Å². The monoisotopic (exact) mass is 499 g/mol. The van der Waals surface area contributed by atoms with E-state index in [1.807, 2.05) is 18.2 Å². The number of aromatic nitrogens is 5. The Morgan fingerprint density at radius 2 is 1.77 bits per heavy atom. The fourth-order valence-electron chi connectivity index (χ4n) is 3.68. The number of hydrogen-bond acceptors (Lipinski definition) is 6. The molecule has 4 aromatic heterocycles. The second-order valence-electron chi connectivity index (χ2n) is 7.72. The molecular formula is C23H16F3N5O3S. The van der Waals surface area contributed by atoms with Crippen molar-refractivity contribution >= 4 is 26.3 Å². The van der Waals surface area contributed by atoms with E-state index in [1.54, 1.807) is 18.5 Å². The van der Waals surface area contributed by atoms with E-state index in [1.165, 1.54) is 19.2 Å². The van der Waals surface area contributed by atoms with Gasteiger partial charge in [-0.2, -0.15) is 17.9 Å². The molecule has 35 heavy (non-hydrogen) atoms. The number of fused-ring (bicyclic) bond motifs is 2. The van der Waals surface area contributed by atoms with Gasteiger partial charge in [-0.05, 0) is 41.3 Å². The molecule has 12 heteroatoms. The summed E-state index contributed by atoms with van der Waals surface area (Å²) in [6, 6.07) is 10.5. The highest BCUT2D eigenvalue weighted by Gasteiger charge is 2.31. The van der Waals surface area contributed by atoms with Crippen LogP contribution in [0.3, 0.4) is 0 Å². The minimum atomic E-state index is -4.66. The molecule has 0 bridgehead atoms. The lowest BCUT2D eigenvalue weighted by Crippen LogP contribution is -2.23. The standard InChI is InChI=1S/C23H16F3N5O3S/c1-2-35(33,34)19-10-17(14-3-4-16-11-27-8-7-15(16)9-14)12-28-21(19)31-22(32)30-13-18(23(24,25)26)5-6-20(30)29-31/h3-13H,2H2,1H3. The van der Waals surface area contributed by atoms with Crippen LogP contribution < -0.4 is 5.69 Å². The summed E-state index contributed by atoms with van der Waals surface area (Å²) in [6.45, 7) is 1.44. The van der Waals surface area contributed by atoms with Gasteiger partial charge in [0.2, 0.25) is 0 Å². The van der Waals surface area contributed by atoms with Gasteiger partial charge in [-0.3, -0.25) is 4.98 Å². The van der Waals surface area contributed by atoms with E-state index in [2.05, 4.69) is 15.1 Å². The zero-order valence-corrected chi connectivity index (χ0v) is 18.9. The minimum Gasteiger partial charge on any atom is -0.264 e. The van der Waals surface area contributed by atoms with E-state index in [0.717, 1.165) is 22.9 Å². The van der Waals surface area contributed by atoms with E-state index < -0.39 is 27.3 Å². The topological polar surface area (TPSA) is 99.2 Å². The first-order valence-electron chi connectivity index (χ1n) is 10.3. The quantitative estimate of drug-likeness (QED) is 0.372. The van der Waals surface area contributed by atoms with Gasteiger partial charge < -0.3 is 0 Å². The maximum atomic E-state index is 13.1. The van der Waals surface area contributed by atoms with E-state index in [4.69, 9.17) is 0 Å². The van der Waals surface area contributed by atoms with E-state index >= 15 is 0 Å². The molecule has 5 rings (SSSR count). The first-order valence-corrected chi connectivity index (χ1v) is 12.0. The second kappa shape index (κ2) is 8.01. The van der Waals surface area contributed by atoms with Gasteiger partial charge in [-0.15, -0.1) is 5.10 Å². The van der Waals surface area contributed by atoms with E-state index in [0.29, 0.717) is 26.4 Å². The van der Waals surface area contributed by atoms with Gasteiger partial charge in [0.1, 0.15) is 4.90 Å². The molecule has 0 radical (unpaired) electrons. The average Bonchev–Trinajstić information content (AvgIpc) is 3.18. The summed E-state index contributed by atoms with van der Waals surface area (Å²) in [7, 11) is -3.90. The zero-order chi connectivity index (χ0) is 25.0. The van der Waals surface area contributed by atoms with Gasteiger partial charge in [-0.1, -0.05) is 19.1 Å². The Bertz CT molecular complexity index is 1780. The number of rotatable bonds is 4. The molecule has 5 aromatic rings. The summed E-state index contributed by atoms with van der Waals surface area (Å²) in [6.07, 6.45) is 0.688. The molecule has 0 N–H and O–H groups in total. The molecule has 0 saturated heterocycles. The fourth-order valence-corrected chi connectivity index (χ4v) is 4.72. The molecule has 8 nitrogen and oxygen atoms in total. The van der Waals surface area contributed by atoms with Crippen molar-refractivity contribution in [1.82, 2.24) is 24.1 Å². The molecule has 4 heterocycles. The third-order valence-corrected chi connectivity index (χ3v) is 7.30. The Hall–Kier alpha value is -4.06. The van der Waals surface area contributed by atoms with Crippen LogP contribution in [0.15, 0.2) is 76.9 Å². The third kappa shape index (κ3) is 3.95. The van der Waals surface area contributed by atoms with Crippen molar-refractivity contribution in [2.45, 2.75) is 18.0 Å². The van der Waals surface area contributed by atoms with Crippen LogP contribution in [0.4, 0.5) is 13.2 Å². The zero-order valence-electron chi connectivity index (χ0n) is 18.1. The molecule has 0 fully saturated rings. The Kier molecular flexibility index (Phi) is 5.20. The third-order valence-electron chi connectivity index (χ3n) is 5.57. The highest BCUT2D eigenvalue weighted by molar-refractivity contribution is 7.91. The molecule has 0 amide bonds. The molecular weight excluding hydrogens is 483 g/mol. The fraction of sp³-hybridized carbons (Fsp3) is 0.130. The van der Waals surface area contributed by atoms with Crippen LogP contribution in [0.5, 0.6) is 0 Å². The first kappa shape index (κ1) is 22.7. The van der Waals surface area contributed by atoms with Crippen molar-refractivity contribution in [3.63, 3.8) is 0 Å². The number of pyridine rings is 3. The predicted octanol–water partition coefficient (Wildman–Crippen LogP) is 3.91. The number of benzene rings is 1. The maximum Gasteiger partial charge on any atom is 0.417 e. The van der Waals surface area contributed by atoms with Crippen molar-refractivity contribution in [1.29, 1.82) is 0 Å². The summed E-state index contributed by atoms with van der Waals surface area (Å²) >= 11 is 0. The van der Waals surface area contributed by atoms with E-state index in [-0.39, 0.29) is 22.1 Å². The van der Waals surface area contributed by atoms with Crippen molar-refractivity contribution in [2.75, 3.05) is 5.75 Å². The van der Waals surface area contributed by atoms with Crippen molar-refractivity contribution in [2.24, 2.45) is 0 Å². The SMILES string of the molecule is CCS(=O)(=O)c1cc(-c2ccc3cnccc3c2)cnc1-n1nc2ccc(C(F)(F)F)cn2c1=O. The molecule has 0 aliphatic carbocycles. The van der Waals surface area contributed by atoms with Crippen molar-refractivity contribution in [3.05, 3.63) is 83.3 Å². The van der Waals surface area contributed by atoms with Gasteiger partial charge in [0.15, 0.2) is 21.3 Å². The molecule has 178 valence electrons. The predicted molar refractivity (Wildman–Crippen MR) is 122 cm³/mol. The van der Waals surface area contributed by atoms with Crippen LogP contribution in [0.1, 0.15) is 12.5 Å². The minimum absolute atomic E-state index is 0.0862. The van der Waals surface area contributed by atoms with Crippen molar-refractivity contribution < 1.29 is 21.6 Å². The highest BCUT2D eigenvalue weighted by Crippen LogP contribution is 2.30. The summed E-state index contributed by atoms with van der Waals surface area (Å²) < 4.78 is 66.6. The van der Waals surface area contributed by atoms with Crippen molar-refractivity contribution in [3.8, 4) is 16.9 Å². The van der Waals surface area contributed by atoms with Gasteiger partial charge in [0.05, 0.1) is 11.3 Å². The Morgan fingerprint density at radius 3 is 2.51 bits per heavy atom. The molecule has 0 spiro atoms. The van der Waals surface area contributed by atoms with Crippen LogP contribution >= 0.6 is 0 Å². The summed E-state index contributed by atoms with van der Waals surface area (Å²) in [5.41, 5.74) is -0.931. The Balaban J connectivity index is 1.71. The molecule has 0 aliphatic heterocycles. The average molecular weight is 499 g/mol. The molecule has 0 unspecified atom stereocenters. The van der Waals surface area contributed by atoms with Crippen LogP contribution in [0.2, 0.25) is 0 Å². The summed E-state index contributed by atoms with van der Waals surface area (Å²) in [5, 5.41) is 5.81. The van der Waals surface area contributed by atoms with Gasteiger partial charge in [-0.25, -0.2) is 22.6 Å². The lowest BCUT2D eigenvalue weighted by molar-refractivity contribution is -0.137. The van der Waals surface area contributed by atoms with E-state index in [9.17, 15) is 26.4 Å². The van der Waals surface area contributed by atoms with Crippen LogP contribution in [0, 0.1) is 0 Å². The molecule has 0 atom stereocenters. The lowest BCUT2D eigenvalue weighted by atomic mass is 10.0. The number of alkyl halides is 3. The smallest absolute Gasteiger partial charge is 0.264 e.